The molecule has 0 radical (unpaired) electrons. The van der Waals surface area contributed by atoms with Crippen molar-refractivity contribution in [3.8, 4) is 34.2 Å². The zero-order valence-electron chi connectivity index (χ0n) is 16.8. The molecule has 1 aromatic heterocycles. The van der Waals surface area contributed by atoms with Gasteiger partial charge in [0.15, 0.2) is 0 Å². The van der Waals surface area contributed by atoms with Crippen LogP contribution < -0.4 is 4.74 Å². The zero-order chi connectivity index (χ0) is 20.9. The van der Waals surface area contributed by atoms with Crippen LogP contribution in [0, 0.1) is 11.3 Å². The molecule has 0 N–H and O–H groups in total. The molecule has 0 amide bonds. The van der Waals surface area contributed by atoms with Crippen LogP contribution in [0.3, 0.4) is 0 Å². The Morgan fingerprint density at radius 3 is 2.50 bits per heavy atom. The van der Waals surface area contributed by atoms with Gasteiger partial charge in [0.1, 0.15) is 22.6 Å². The van der Waals surface area contributed by atoms with Gasteiger partial charge in [0.05, 0.1) is 23.6 Å². The first-order chi connectivity index (χ1) is 14.7. The normalized spacial score (nSPS) is 16.1. The number of aromatic nitrogens is 1. The van der Waals surface area contributed by atoms with Crippen LogP contribution in [0.4, 0.5) is 0 Å². The smallest absolute Gasteiger partial charge is 0.146 e. The molecule has 3 aromatic rings. The van der Waals surface area contributed by atoms with E-state index in [0.717, 1.165) is 47.4 Å². The van der Waals surface area contributed by atoms with Gasteiger partial charge in [-0.15, -0.1) is 0 Å². The van der Waals surface area contributed by atoms with Gasteiger partial charge in [0.2, 0.25) is 0 Å². The number of ether oxygens (including phenoxy) is 1. The number of nitrogens with zero attached hydrogens (tertiary/aromatic N) is 2. The molecule has 1 saturated carbocycles. The highest BCUT2D eigenvalue weighted by Gasteiger charge is 2.26. The summed E-state index contributed by atoms with van der Waals surface area (Å²) in [7, 11) is 1.64. The van der Waals surface area contributed by atoms with Gasteiger partial charge in [-0.05, 0) is 48.7 Å². The maximum absolute atomic E-state index is 12.4. The Morgan fingerprint density at radius 1 is 1.07 bits per heavy atom. The van der Waals surface area contributed by atoms with E-state index < -0.39 is 0 Å². The van der Waals surface area contributed by atoms with Gasteiger partial charge in [0.25, 0.3) is 0 Å². The number of hydrogen-bond acceptors (Lipinski definition) is 5. The van der Waals surface area contributed by atoms with E-state index in [9.17, 15) is 10.1 Å². The van der Waals surface area contributed by atoms with Gasteiger partial charge in [0, 0.05) is 17.5 Å². The van der Waals surface area contributed by atoms with E-state index in [2.05, 4.69) is 6.07 Å². The van der Waals surface area contributed by atoms with Crippen LogP contribution in [0.5, 0.6) is 5.75 Å². The van der Waals surface area contributed by atoms with E-state index in [4.69, 9.17) is 9.72 Å². The van der Waals surface area contributed by atoms with E-state index in [1.807, 2.05) is 60.7 Å². The molecule has 1 atom stereocenters. The van der Waals surface area contributed by atoms with Crippen LogP contribution in [-0.2, 0) is 4.79 Å². The summed E-state index contributed by atoms with van der Waals surface area (Å²) in [6, 6.07) is 21.9. The molecule has 1 aliphatic rings. The lowest BCUT2D eigenvalue weighted by atomic mass is 9.99. The number of pyridine rings is 1. The highest BCUT2D eigenvalue weighted by atomic mass is 32.2. The number of Topliss-reactive ketones (excluding diaryl/α,β-unsaturated/α-hetero) is 1. The SMILES string of the molecule is COc1ccc(-c2cc(-c3ccccc3)c(C#N)c(SC3CCCCC3=O)n2)cc1. The largest absolute Gasteiger partial charge is 0.497 e. The molecular weight excluding hydrogens is 392 g/mol. The molecule has 1 fully saturated rings. The molecule has 1 aliphatic carbocycles. The summed E-state index contributed by atoms with van der Waals surface area (Å²) in [5, 5.41) is 10.5. The molecule has 0 saturated heterocycles. The quantitative estimate of drug-likeness (QED) is 0.520. The molecule has 0 bridgehead atoms. The Balaban J connectivity index is 1.84. The van der Waals surface area contributed by atoms with Gasteiger partial charge in [-0.2, -0.15) is 5.26 Å². The molecule has 0 spiro atoms. The Morgan fingerprint density at radius 2 is 1.83 bits per heavy atom. The minimum atomic E-state index is -0.131. The second-order valence-corrected chi connectivity index (χ2v) is 8.45. The van der Waals surface area contributed by atoms with E-state index in [-0.39, 0.29) is 11.0 Å². The molecular formula is C25H22N2O2S. The summed E-state index contributed by atoms with van der Waals surface area (Å²) >= 11 is 1.44. The van der Waals surface area contributed by atoms with Crippen molar-refractivity contribution in [2.24, 2.45) is 0 Å². The molecule has 4 nitrogen and oxygen atoms in total. The van der Waals surface area contributed by atoms with Gasteiger partial charge in [-0.25, -0.2) is 4.98 Å². The lowest BCUT2D eigenvalue weighted by Gasteiger charge is -2.21. The monoisotopic (exact) mass is 414 g/mol. The van der Waals surface area contributed by atoms with Crippen molar-refractivity contribution >= 4 is 17.5 Å². The Kier molecular flexibility index (Phi) is 6.15. The van der Waals surface area contributed by atoms with Crippen molar-refractivity contribution in [2.75, 3.05) is 7.11 Å². The number of thioether (sulfide) groups is 1. The third kappa shape index (κ3) is 4.24. The van der Waals surface area contributed by atoms with Crippen molar-refractivity contribution in [3.63, 3.8) is 0 Å². The third-order valence-electron chi connectivity index (χ3n) is 5.32. The molecule has 150 valence electrons. The van der Waals surface area contributed by atoms with Crippen LogP contribution in [0.25, 0.3) is 22.4 Å². The van der Waals surface area contributed by atoms with Gasteiger partial charge in [-0.1, -0.05) is 48.5 Å². The lowest BCUT2D eigenvalue weighted by molar-refractivity contribution is -0.119. The van der Waals surface area contributed by atoms with Gasteiger partial charge < -0.3 is 4.74 Å². The number of hydrogen-bond donors (Lipinski definition) is 0. The standard InChI is InChI=1S/C25H22N2O2S/c1-29-19-13-11-18(12-14-19)22-15-20(17-7-3-2-4-8-17)21(16-26)25(27-22)30-24-10-6-5-9-23(24)28/h2-4,7-8,11-15,24H,5-6,9-10H2,1H3. The molecule has 30 heavy (non-hydrogen) atoms. The molecule has 2 aromatic carbocycles. The Labute approximate surface area is 180 Å². The molecule has 1 heterocycles. The first-order valence-corrected chi connectivity index (χ1v) is 10.9. The predicted octanol–water partition coefficient (Wildman–Crippen LogP) is 5.90. The zero-order valence-corrected chi connectivity index (χ0v) is 17.6. The predicted molar refractivity (Wildman–Crippen MR) is 119 cm³/mol. The minimum absolute atomic E-state index is 0.131. The third-order valence-corrected chi connectivity index (χ3v) is 6.62. The molecule has 1 unspecified atom stereocenters. The summed E-state index contributed by atoms with van der Waals surface area (Å²) in [6.45, 7) is 0. The fourth-order valence-corrected chi connectivity index (χ4v) is 4.91. The molecule has 5 heteroatoms. The van der Waals surface area contributed by atoms with Crippen molar-refractivity contribution in [1.82, 2.24) is 4.98 Å². The van der Waals surface area contributed by atoms with Crippen molar-refractivity contribution in [3.05, 3.63) is 66.2 Å². The number of rotatable bonds is 5. The van der Waals surface area contributed by atoms with Crippen LogP contribution in [0.2, 0.25) is 0 Å². The number of benzene rings is 2. The Bertz CT molecular complexity index is 1090. The first-order valence-electron chi connectivity index (χ1n) is 10.0. The van der Waals surface area contributed by atoms with Crippen LogP contribution >= 0.6 is 11.8 Å². The van der Waals surface area contributed by atoms with E-state index in [1.165, 1.54) is 11.8 Å². The number of methoxy groups -OCH3 is 1. The highest BCUT2D eigenvalue weighted by Crippen LogP contribution is 2.38. The van der Waals surface area contributed by atoms with Crippen molar-refractivity contribution in [1.29, 1.82) is 5.26 Å². The molecule has 0 aliphatic heterocycles. The second kappa shape index (κ2) is 9.15. The minimum Gasteiger partial charge on any atom is -0.497 e. The number of carbonyl (C=O) groups excluding carboxylic acids is 1. The summed E-state index contributed by atoms with van der Waals surface area (Å²) < 4.78 is 5.27. The summed E-state index contributed by atoms with van der Waals surface area (Å²) in [4.78, 5) is 17.3. The highest BCUT2D eigenvalue weighted by molar-refractivity contribution is 8.00. The van der Waals surface area contributed by atoms with E-state index in [1.54, 1.807) is 7.11 Å². The maximum atomic E-state index is 12.4. The van der Waals surface area contributed by atoms with Gasteiger partial charge >= 0.3 is 0 Å². The van der Waals surface area contributed by atoms with Gasteiger partial charge in [-0.3, -0.25) is 4.79 Å². The average Bonchev–Trinajstić information content (AvgIpc) is 2.80. The second-order valence-electron chi connectivity index (χ2n) is 7.26. The maximum Gasteiger partial charge on any atom is 0.146 e. The lowest BCUT2D eigenvalue weighted by Crippen LogP contribution is -2.21. The van der Waals surface area contributed by atoms with Crippen molar-refractivity contribution in [2.45, 2.75) is 36.0 Å². The van der Waals surface area contributed by atoms with E-state index >= 15 is 0 Å². The fraction of sp³-hybridized carbons (Fsp3) is 0.240. The van der Waals surface area contributed by atoms with Crippen molar-refractivity contribution < 1.29 is 9.53 Å². The number of carbonyl (C=O) groups is 1. The summed E-state index contributed by atoms with van der Waals surface area (Å²) in [6.07, 6.45) is 3.44. The summed E-state index contributed by atoms with van der Waals surface area (Å²) in [5.74, 6) is 1.03. The first kappa shape index (κ1) is 20.2. The summed E-state index contributed by atoms with van der Waals surface area (Å²) in [5.41, 5.74) is 4.05. The topological polar surface area (TPSA) is 63.0 Å². The number of nitriles is 1. The van der Waals surface area contributed by atoms with Crippen LogP contribution in [0.15, 0.2) is 65.7 Å². The average molecular weight is 415 g/mol. The Hall–Kier alpha value is -3.10. The van der Waals surface area contributed by atoms with Crippen LogP contribution in [0.1, 0.15) is 31.2 Å². The fourth-order valence-electron chi connectivity index (χ4n) is 3.68. The molecule has 4 rings (SSSR count). The van der Waals surface area contributed by atoms with E-state index in [0.29, 0.717) is 17.0 Å². The number of ketones is 1. The van der Waals surface area contributed by atoms with Crippen LogP contribution in [-0.4, -0.2) is 23.1 Å².